The van der Waals surface area contributed by atoms with Crippen LogP contribution in [0.25, 0.3) is 0 Å². The van der Waals surface area contributed by atoms with Gasteiger partial charge in [-0.1, -0.05) is 18.2 Å². The maximum absolute atomic E-state index is 12.6. The van der Waals surface area contributed by atoms with Gasteiger partial charge in [-0.2, -0.15) is 0 Å². The van der Waals surface area contributed by atoms with E-state index in [4.69, 9.17) is 9.47 Å². The molecule has 1 saturated carbocycles. The fourth-order valence-corrected chi connectivity index (χ4v) is 3.02. The molecule has 7 nitrogen and oxygen atoms in total. The fraction of sp³-hybridized carbons (Fsp3) is 0.333. The maximum atomic E-state index is 12.6. The van der Waals surface area contributed by atoms with E-state index in [1.807, 2.05) is 18.2 Å². The van der Waals surface area contributed by atoms with Crippen LogP contribution < -0.4 is 25.4 Å². The molecule has 3 N–H and O–H groups in total. The average Bonchev–Trinajstić information content (AvgIpc) is 3.40. The molecule has 0 atom stereocenters. The van der Waals surface area contributed by atoms with E-state index in [1.165, 1.54) is 12.8 Å². The quantitative estimate of drug-likeness (QED) is 0.614. The number of carbonyl (C=O) groups excluding carboxylic acids is 2. The molecule has 2 amide bonds. The zero-order valence-electron chi connectivity index (χ0n) is 15.9. The summed E-state index contributed by atoms with van der Waals surface area (Å²) in [6.07, 6.45) is 2.47. The van der Waals surface area contributed by atoms with Gasteiger partial charge in [0.25, 0.3) is 5.91 Å². The number of nitrogens with one attached hydrogen (secondary N) is 3. The number of anilines is 1. The molecule has 2 aliphatic rings. The summed E-state index contributed by atoms with van der Waals surface area (Å²) in [4.78, 5) is 24.8. The summed E-state index contributed by atoms with van der Waals surface area (Å²) in [7, 11) is 0. The van der Waals surface area contributed by atoms with Gasteiger partial charge in [0.2, 0.25) is 12.7 Å². The summed E-state index contributed by atoms with van der Waals surface area (Å²) in [5.74, 6) is 1.69. The Kier molecular flexibility index (Phi) is 6.95. The van der Waals surface area contributed by atoms with Crippen molar-refractivity contribution in [3.63, 3.8) is 0 Å². The molecule has 2 aromatic rings. The van der Waals surface area contributed by atoms with Gasteiger partial charge in [0.05, 0.1) is 17.8 Å². The Hall–Kier alpha value is -2.77. The highest BCUT2D eigenvalue weighted by Gasteiger charge is 2.21. The van der Waals surface area contributed by atoms with Crippen molar-refractivity contribution >= 4 is 29.9 Å². The third kappa shape index (κ3) is 5.62. The van der Waals surface area contributed by atoms with Gasteiger partial charge in [0.15, 0.2) is 11.5 Å². The van der Waals surface area contributed by atoms with E-state index >= 15 is 0 Å². The number of amides is 2. The molecule has 0 spiro atoms. The van der Waals surface area contributed by atoms with Crippen LogP contribution in [0, 0.1) is 5.92 Å². The van der Waals surface area contributed by atoms with Crippen molar-refractivity contribution in [2.75, 3.05) is 25.2 Å². The molecule has 1 aliphatic heterocycles. The second kappa shape index (κ2) is 9.62. The first kappa shape index (κ1) is 21.0. The molecular weight excluding hydrogens is 394 g/mol. The Balaban J connectivity index is 0.00000240. The van der Waals surface area contributed by atoms with Gasteiger partial charge in [0, 0.05) is 6.54 Å². The number of carbonyl (C=O) groups is 2. The Morgan fingerprint density at radius 1 is 1.03 bits per heavy atom. The molecule has 0 bridgehead atoms. The average molecular weight is 418 g/mol. The highest BCUT2D eigenvalue weighted by atomic mass is 35.5. The van der Waals surface area contributed by atoms with Gasteiger partial charge >= 0.3 is 0 Å². The molecule has 1 fully saturated rings. The molecule has 0 unspecified atom stereocenters. The minimum absolute atomic E-state index is 0. The van der Waals surface area contributed by atoms with Crippen molar-refractivity contribution in [3.05, 3.63) is 53.6 Å². The van der Waals surface area contributed by atoms with Crippen molar-refractivity contribution in [1.29, 1.82) is 0 Å². The van der Waals surface area contributed by atoms with Crippen LogP contribution in [0.1, 0.15) is 28.8 Å². The number of rotatable bonds is 8. The van der Waals surface area contributed by atoms with Crippen LogP contribution in [0.4, 0.5) is 5.69 Å². The van der Waals surface area contributed by atoms with Crippen LogP contribution >= 0.6 is 12.4 Å². The van der Waals surface area contributed by atoms with Gasteiger partial charge in [-0.05, 0) is 55.1 Å². The minimum atomic E-state index is -0.250. The predicted octanol–water partition coefficient (Wildman–Crippen LogP) is 2.71. The first-order valence-electron chi connectivity index (χ1n) is 9.45. The lowest BCUT2D eigenvalue weighted by molar-refractivity contribution is -0.115. The van der Waals surface area contributed by atoms with E-state index < -0.39 is 0 Å². The van der Waals surface area contributed by atoms with Gasteiger partial charge < -0.3 is 25.4 Å². The van der Waals surface area contributed by atoms with Crippen LogP contribution in [-0.2, 0) is 11.3 Å². The summed E-state index contributed by atoms with van der Waals surface area (Å²) < 4.78 is 10.6. The maximum Gasteiger partial charge on any atom is 0.253 e. The van der Waals surface area contributed by atoms with Crippen LogP contribution in [0.2, 0.25) is 0 Å². The van der Waals surface area contributed by atoms with Crippen molar-refractivity contribution in [2.24, 2.45) is 5.92 Å². The second-order valence-electron chi connectivity index (χ2n) is 7.04. The van der Waals surface area contributed by atoms with Gasteiger partial charge in [0.1, 0.15) is 0 Å². The molecule has 1 heterocycles. The van der Waals surface area contributed by atoms with Crippen LogP contribution in [0.15, 0.2) is 42.5 Å². The van der Waals surface area contributed by atoms with Gasteiger partial charge in [-0.3, -0.25) is 9.59 Å². The topological polar surface area (TPSA) is 88.7 Å². The van der Waals surface area contributed by atoms with Gasteiger partial charge in [-0.15, -0.1) is 12.4 Å². The number of ether oxygens (including phenoxy) is 2. The van der Waals surface area contributed by atoms with Crippen molar-refractivity contribution in [2.45, 2.75) is 19.4 Å². The molecule has 1 aliphatic carbocycles. The van der Waals surface area contributed by atoms with E-state index in [2.05, 4.69) is 16.0 Å². The van der Waals surface area contributed by atoms with E-state index in [0.717, 1.165) is 12.1 Å². The Morgan fingerprint density at radius 2 is 1.83 bits per heavy atom. The van der Waals surface area contributed by atoms with E-state index in [9.17, 15) is 9.59 Å². The summed E-state index contributed by atoms with van der Waals surface area (Å²) in [5, 5.41) is 8.85. The smallest absolute Gasteiger partial charge is 0.253 e. The molecule has 154 valence electrons. The van der Waals surface area contributed by atoms with Crippen molar-refractivity contribution in [3.8, 4) is 11.5 Å². The standard InChI is InChI=1S/C21H23N3O4.ClH/c25-20(12-22-10-14-5-6-14)24-17-4-2-1-3-16(17)21(26)23-11-15-7-8-18-19(9-15)28-13-27-18;/h1-4,7-9,14,22H,5-6,10-13H2,(H,23,26)(H,24,25);1H. The number of benzene rings is 2. The van der Waals surface area contributed by atoms with Crippen LogP contribution in [0.5, 0.6) is 11.5 Å². The summed E-state index contributed by atoms with van der Waals surface area (Å²) in [6, 6.07) is 12.6. The largest absolute Gasteiger partial charge is 0.454 e. The molecule has 4 rings (SSSR count). The number of para-hydroxylation sites is 1. The molecule has 2 aromatic carbocycles. The Bertz CT molecular complexity index is 886. The number of hydrogen-bond acceptors (Lipinski definition) is 5. The molecule has 29 heavy (non-hydrogen) atoms. The van der Waals surface area contributed by atoms with Crippen LogP contribution in [0.3, 0.4) is 0 Å². The highest BCUT2D eigenvalue weighted by Crippen LogP contribution is 2.32. The second-order valence-corrected chi connectivity index (χ2v) is 7.04. The zero-order chi connectivity index (χ0) is 19.3. The molecule has 0 radical (unpaired) electrons. The summed E-state index contributed by atoms with van der Waals surface area (Å²) in [5.41, 5.74) is 1.84. The van der Waals surface area contributed by atoms with E-state index in [-0.39, 0.29) is 37.6 Å². The monoisotopic (exact) mass is 417 g/mol. The van der Waals surface area contributed by atoms with Crippen molar-refractivity contribution in [1.82, 2.24) is 10.6 Å². The van der Waals surface area contributed by atoms with E-state index in [1.54, 1.807) is 24.3 Å². The molecule has 8 heteroatoms. The zero-order valence-corrected chi connectivity index (χ0v) is 16.7. The first-order chi connectivity index (χ1) is 13.7. The highest BCUT2D eigenvalue weighted by molar-refractivity contribution is 6.04. The van der Waals surface area contributed by atoms with Gasteiger partial charge in [-0.25, -0.2) is 0 Å². The lowest BCUT2D eigenvalue weighted by Crippen LogP contribution is -2.30. The predicted molar refractivity (Wildman–Crippen MR) is 112 cm³/mol. The molecule has 0 saturated heterocycles. The number of hydrogen-bond donors (Lipinski definition) is 3. The lowest BCUT2D eigenvalue weighted by Gasteiger charge is -2.12. The number of fused-ring (bicyclic) bond motifs is 1. The Morgan fingerprint density at radius 3 is 2.66 bits per heavy atom. The van der Waals surface area contributed by atoms with Crippen LogP contribution in [-0.4, -0.2) is 31.7 Å². The first-order valence-corrected chi connectivity index (χ1v) is 9.45. The minimum Gasteiger partial charge on any atom is -0.454 e. The third-order valence-electron chi connectivity index (χ3n) is 4.75. The van der Waals surface area contributed by atoms with E-state index in [0.29, 0.717) is 35.2 Å². The Labute approximate surface area is 175 Å². The molecular formula is C21H24ClN3O4. The normalized spacial score (nSPS) is 14.1. The third-order valence-corrected chi connectivity index (χ3v) is 4.75. The number of halogens is 1. The summed E-state index contributed by atoms with van der Waals surface area (Å²) >= 11 is 0. The molecule has 0 aromatic heterocycles. The lowest BCUT2D eigenvalue weighted by atomic mass is 10.1. The summed E-state index contributed by atoms with van der Waals surface area (Å²) in [6.45, 7) is 1.67. The SMILES string of the molecule is Cl.O=C(CNCC1CC1)Nc1ccccc1C(=O)NCc1ccc2c(c1)OCO2. The van der Waals surface area contributed by atoms with Crippen molar-refractivity contribution < 1.29 is 19.1 Å². The fourth-order valence-electron chi connectivity index (χ4n) is 3.02.